The summed E-state index contributed by atoms with van der Waals surface area (Å²) in [4.78, 5) is 46.4. The van der Waals surface area contributed by atoms with Crippen LogP contribution in [-0.2, 0) is 57.1 Å². The lowest BCUT2D eigenvalue weighted by Crippen LogP contribution is -2.42. The van der Waals surface area contributed by atoms with Crippen molar-refractivity contribution in [3.05, 3.63) is 0 Å². The average molecular weight is 683 g/mol. The van der Waals surface area contributed by atoms with Gasteiger partial charge in [0.15, 0.2) is 0 Å². The third kappa shape index (κ3) is 31.9. The second kappa shape index (κ2) is 33.5. The van der Waals surface area contributed by atoms with Crippen molar-refractivity contribution in [2.45, 2.75) is 58.4 Å². The molecular weight excluding hydrogens is 624 g/mol. The first-order chi connectivity index (χ1) is 22.8. The number of unbranched alkanes of at least 4 members (excludes halogenated alkanes) is 1. The summed E-state index contributed by atoms with van der Waals surface area (Å²) in [6.07, 6.45) is 1.66. The van der Waals surface area contributed by atoms with Crippen molar-refractivity contribution >= 4 is 23.8 Å². The molecule has 0 bridgehead atoms. The third-order valence-corrected chi connectivity index (χ3v) is 6.38. The van der Waals surface area contributed by atoms with Crippen LogP contribution in [0.5, 0.6) is 0 Å². The molecule has 0 spiro atoms. The number of ether oxygens (including phenoxy) is 8. The fourth-order valence-electron chi connectivity index (χ4n) is 3.66. The van der Waals surface area contributed by atoms with Crippen molar-refractivity contribution in [2.75, 3.05) is 112 Å². The first kappa shape index (κ1) is 44.6. The molecule has 47 heavy (non-hydrogen) atoms. The van der Waals surface area contributed by atoms with E-state index in [1.165, 1.54) is 0 Å². The molecule has 0 rings (SSSR count). The van der Waals surface area contributed by atoms with E-state index >= 15 is 0 Å². The second-order valence-corrected chi connectivity index (χ2v) is 10.3. The zero-order valence-corrected chi connectivity index (χ0v) is 28.2. The van der Waals surface area contributed by atoms with Crippen molar-refractivity contribution in [3.8, 4) is 0 Å². The van der Waals surface area contributed by atoms with Gasteiger partial charge in [-0.25, -0.2) is 4.79 Å². The monoisotopic (exact) mass is 682 g/mol. The fourth-order valence-corrected chi connectivity index (χ4v) is 3.66. The number of carboxylic acid groups (broad SMARTS) is 2. The molecule has 2 atom stereocenters. The number of amides is 2. The van der Waals surface area contributed by atoms with Gasteiger partial charge in [-0.2, -0.15) is 0 Å². The number of rotatable bonds is 36. The normalized spacial score (nSPS) is 12.5. The van der Waals surface area contributed by atoms with E-state index < -0.39 is 29.8 Å². The summed E-state index contributed by atoms with van der Waals surface area (Å²) in [5.41, 5.74) is 0. The van der Waals surface area contributed by atoms with E-state index in [-0.39, 0.29) is 38.4 Å². The molecular formula is C31H58N2O14. The number of carbonyl (C=O) groups excluding carboxylic acids is 2. The summed E-state index contributed by atoms with van der Waals surface area (Å²) >= 11 is 0. The number of carboxylic acids is 2. The molecule has 16 heteroatoms. The number of nitrogens with one attached hydrogen (secondary N) is 2. The van der Waals surface area contributed by atoms with Crippen LogP contribution in [0, 0.1) is 5.92 Å². The lowest BCUT2D eigenvalue weighted by molar-refractivity contribution is -0.142. The van der Waals surface area contributed by atoms with Crippen LogP contribution in [0.1, 0.15) is 52.4 Å². The molecule has 0 heterocycles. The van der Waals surface area contributed by atoms with Crippen molar-refractivity contribution in [1.29, 1.82) is 0 Å². The predicted octanol–water partition coefficient (Wildman–Crippen LogP) is 0.886. The third-order valence-electron chi connectivity index (χ3n) is 6.38. The van der Waals surface area contributed by atoms with Gasteiger partial charge in [0.25, 0.3) is 0 Å². The smallest absolute Gasteiger partial charge is 0.326 e. The van der Waals surface area contributed by atoms with Crippen LogP contribution in [0.4, 0.5) is 0 Å². The zero-order valence-electron chi connectivity index (χ0n) is 28.2. The Labute approximate surface area is 278 Å². The highest BCUT2D eigenvalue weighted by Gasteiger charge is 2.21. The molecule has 0 saturated carbocycles. The molecule has 2 amide bonds. The lowest BCUT2D eigenvalue weighted by Gasteiger charge is -2.14. The van der Waals surface area contributed by atoms with Crippen molar-refractivity contribution in [1.82, 2.24) is 10.6 Å². The minimum atomic E-state index is -1.23. The van der Waals surface area contributed by atoms with Gasteiger partial charge in [0, 0.05) is 26.0 Å². The van der Waals surface area contributed by atoms with Crippen LogP contribution in [0.3, 0.4) is 0 Å². The Morgan fingerprint density at radius 1 is 0.532 bits per heavy atom. The number of hydrogen-bond donors (Lipinski definition) is 4. The molecule has 0 aromatic heterocycles. The molecule has 0 saturated heterocycles. The van der Waals surface area contributed by atoms with Crippen molar-refractivity contribution in [2.24, 2.45) is 5.92 Å². The number of hydrogen-bond acceptors (Lipinski definition) is 12. The van der Waals surface area contributed by atoms with Crippen molar-refractivity contribution < 1.29 is 67.3 Å². The van der Waals surface area contributed by atoms with Crippen LogP contribution in [0.15, 0.2) is 0 Å². The maximum absolute atomic E-state index is 12.1. The lowest BCUT2D eigenvalue weighted by atomic mass is 10.0. The topological polar surface area (TPSA) is 207 Å². The summed E-state index contributed by atoms with van der Waals surface area (Å²) in [7, 11) is 0. The average Bonchev–Trinajstić information content (AvgIpc) is 3.04. The Kier molecular flexibility index (Phi) is 31.7. The van der Waals surface area contributed by atoms with E-state index in [0.29, 0.717) is 118 Å². The zero-order chi connectivity index (χ0) is 34.8. The minimum Gasteiger partial charge on any atom is -0.481 e. The molecule has 0 fully saturated rings. The summed E-state index contributed by atoms with van der Waals surface area (Å²) in [6.45, 7) is 11.1. The molecule has 0 aromatic carbocycles. The highest BCUT2D eigenvalue weighted by molar-refractivity contribution is 5.84. The Morgan fingerprint density at radius 2 is 0.957 bits per heavy atom. The fraction of sp³-hybridized carbons (Fsp3) is 0.871. The van der Waals surface area contributed by atoms with Gasteiger partial charge >= 0.3 is 11.9 Å². The van der Waals surface area contributed by atoms with E-state index in [1.807, 2.05) is 6.92 Å². The van der Waals surface area contributed by atoms with E-state index in [0.717, 1.165) is 0 Å². The Balaban J connectivity index is 3.53. The molecule has 0 unspecified atom stereocenters. The van der Waals surface area contributed by atoms with E-state index in [1.54, 1.807) is 6.92 Å². The maximum atomic E-state index is 12.1. The van der Waals surface area contributed by atoms with Crippen LogP contribution >= 0.6 is 0 Å². The highest BCUT2D eigenvalue weighted by Crippen LogP contribution is 2.07. The van der Waals surface area contributed by atoms with Gasteiger partial charge in [0.1, 0.15) is 6.04 Å². The van der Waals surface area contributed by atoms with Crippen LogP contribution in [-0.4, -0.2) is 152 Å². The largest absolute Gasteiger partial charge is 0.481 e. The van der Waals surface area contributed by atoms with Gasteiger partial charge in [-0.15, -0.1) is 0 Å². The summed E-state index contributed by atoms with van der Waals surface area (Å²) in [5.74, 6) is -3.33. The first-order valence-electron chi connectivity index (χ1n) is 16.4. The van der Waals surface area contributed by atoms with E-state index in [9.17, 15) is 24.3 Å². The Morgan fingerprint density at radius 3 is 1.36 bits per heavy atom. The summed E-state index contributed by atoms with van der Waals surface area (Å²) in [5, 5.41) is 23.3. The quantitative estimate of drug-likeness (QED) is 0.0678. The van der Waals surface area contributed by atoms with Gasteiger partial charge in [-0.3, -0.25) is 14.4 Å². The van der Waals surface area contributed by atoms with Gasteiger partial charge in [0.2, 0.25) is 11.8 Å². The highest BCUT2D eigenvalue weighted by atomic mass is 16.6. The van der Waals surface area contributed by atoms with Crippen LogP contribution in [0.25, 0.3) is 0 Å². The van der Waals surface area contributed by atoms with E-state index in [4.69, 9.17) is 43.0 Å². The summed E-state index contributed by atoms with van der Waals surface area (Å²) in [6, 6.07) is -1.19. The van der Waals surface area contributed by atoms with Gasteiger partial charge in [0.05, 0.1) is 105 Å². The maximum Gasteiger partial charge on any atom is 0.326 e. The molecule has 4 N–H and O–H groups in total. The Bertz CT molecular complexity index is 789. The second-order valence-electron chi connectivity index (χ2n) is 10.3. The molecule has 0 aliphatic heterocycles. The summed E-state index contributed by atoms with van der Waals surface area (Å²) < 4.78 is 42.9. The predicted molar refractivity (Wildman–Crippen MR) is 169 cm³/mol. The van der Waals surface area contributed by atoms with Gasteiger partial charge in [-0.05, 0) is 26.2 Å². The van der Waals surface area contributed by atoms with Crippen molar-refractivity contribution in [3.63, 3.8) is 0 Å². The molecule has 276 valence electrons. The molecule has 0 radical (unpaired) electrons. The van der Waals surface area contributed by atoms with Crippen LogP contribution < -0.4 is 10.6 Å². The van der Waals surface area contributed by atoms with Gasteiger partial charge < -0.3 is 58.7 Å². The standard InChI is InChI=1S/C31H58N2O14/c1-3-40-12-13-42-16-17-44-20-21-46-24-25-47-23-22-45-19-18-43-15-14-41-11-9-29(35)33-27(31(38)39)7-8-28(34)32-10-5-4-6-26(2)30(36)37/h26-27H,3-25H2,1-2H3,(H,32,34)(H,33,35)(H,36,37)(H,38,39)/t26-,27-/m0/s1. The molecule has 16 nitrogen and oxygen atoms in total. The van der Waals surface area contributed by atoms with Crippen LogP contribution in [0.2, 0.25) is 0 Å². The SMILES string of the molecule is CCOCCOCCOCCOCCOCCOCCOCCOCCC(=O)N[C@@H](CCC(=O)NCCCC[C@H](C)C(=O)O)C(=O)O. The molecule has 0 aliphatic carbocycles. The Hall–Kier alpha value is -2.44. The van der Waals surface area contributed by atoms with Gasteiger partial charge in [-0.1, -0.05) is 13.3 Å². The molecule has 0 aromatic rings. The number of aliphatic carboxylic acids is 2. The van der Waals surface area contributed by atoms with E-state index in [2.05, 4.69) is 10.6 Å². The minimum absolute atomic E-state index is 0.0299. The molecule has 0 aliphatic rings. The number of carbonyl (C=O) groups is 4. The first-order valence-corrected chi connectivity index (χ1v) is 16.4.